The van der Waals surface area contributed by atoms with E-state index in [9.17, 15) is 23.1 Å². The van der Waals surface area contributed by atoms with Crippen LogP contribution in [0.1, 0.15) is 36.9 Å². The number of aromatic nitrogens is 2. The van der Waals surface area contributed by atoms with Gasteiger partial charge >= 0.3 is 0 Å². The molecule has 3 rings (SSSR count). The second-order valence-corrected chi connectivity index (χ2v) is 7.14. The van der Waals surface area contributed by atoms with Crippen LogP contribution in [0.25, 0.3) is 5.69 Å². The van der Waals surface area contributed by atoms with Gasteiger partial charge in [-0.1, -0.05) is 6.07 Å². The zero-order valence-corrected chi connectivity index (χ0v) is 15.2. The van der Waals surface area contributed by atoms with Gasteiger partial charge in [-0.25, -0.2) is 17.9 Å². The minimum Gasteiger partial charge on any atom is -0.375 e. The molecule has 0 saturated carbocycles. The molecule has 146 valence electrons. The van der Waals surface area contributed by atoms with E-state index < -0.39 is 17.9 Å². The van der Waals surface area contributed by atoms with Crippen molar-refractivity contribution in [3.63, 3.8) is 0 Å². The van der Waals surface area contributed by atoms with E-state index in [1.54, 1.807) is 36.0 Å². The molecule has 1 saturated heterocycles. The molecule has 1 aliphatic heterocycles. The number of nitrogens with zero attached hydrogens (tertiary/aromatic N) is 3. The molecular weight excluding hydrogens is 359 g/mol. The molecule has 8 heteroatoms. The van der Waals surface area contributed by atoms with Gasteiger partial charge in [0.05, 0.1) is 0 Å². The van der Waals surface area contributed by atoms with Crippen molar-refractivity contribution in [3.05, 3.63) is 47.5 Å². The Hall–Kier alpha value is -2.35. The van der Waals surface area contributed by atoms with Crippen molar-refractivity contribution in [1.29, 1.82) is 0 Å². The van der Waals surface area contributed by atoms with E-state index in [1.165, 1.54) is 11.0 Å². The minimum absolute atomic E-state index is 0.00810. The zero-order valence-electron chi connectivity index (χ0n) is 15.2. The fraction of sp³-hybridized carbons (Fsp3) is 0.474. The van der Waals surface area contributed by atoms with Crippen LogP contribution in [-0.4, -0.2) is 50.8 Å². The predicted octanol–water partition coefficient (Wildman–Crippen LogP) is 3.04. The van der Waals surface area contributed by atoms with Gasteiger partial charge in [-0.05, 0) is 50.5 Å². The quantitative estimate of drug-likeness (QED) is 0.886. The second kappa shape index (κ2) is 7.34. The summed E-state index contributed by atoms with van der Waals surface area (Å²) in [6, 6.07) is 6.71. The Balaban J connectivity index is 1.75. The topological polar surface area (TPSA) is 58.4 Å². The summed E-state index contributed by atoms with van der Waals surface area (Å²) in [4.78, 5) is 13.4. The van der Waals surface area contributed by atoms with Crippen LogP contribution in [0.5, 0.6) is 0 Å². The molecule has 1 amide bonds. The molecule has 0 unspecified atom stereocenters. The number of piperidine rings is 1. The van der Waals surface area contributed by atoms with Gasteiger partial charge in [-0.15, -0.1) is 0 Å². The summed E-state index contributed by atoms with van der Waals surface area (Å²) in [5.74, 6) is -1.33. The van der Waals surface area contributed by atoms with Crippen LogP contribution >= 0.6 is 0 Å². The number of benzene rings is 1. The van der Waals surface area contributed by atoms with Crippen molar-refractivity contribution in [3.8, 4) is 5.69 Å². The molecule has 1 N–H and O–H groups in total. The first-order valence-electron chi connectivity index (χ1n) is 8.82. The number of hydrogen-bond donors (Lipinski definition) is 1. The van der Waals surface area contributed by atoms with E-state index in [1.807, 2.05) is 0 Å². The highest BCUT2D eigenvalue weighted by Crippen LogP contribution is 2.31. The largest absolute Gasteiger partial charge is 0.375 e. The molecule has 2 aromatic rings. The van der Waals surface area contributed by atoms with E-state index in [0.29, 0.717) is 18.5 Å². The number of amides is 1. The second-order valence-electron chi connectivity index (χ2n) is 7.14. The number of rotatable bonds is 4. The van der Waals surface area contributed by atoms with Gasteiger partial charge in [0.2, 0.25) is 5.60 Å². The summed E-state index contributed by atoms with van der Waals surface area (Å²) in [6.45, 7) is 3.13. The van der Waals surface area contributed by atoms with Crippen molar-refractivity contribution in [2.75, 3.05) is 13.1 Å². The third-order valence-electron chi connectivity index (χ3n) is 5.06. The van der Waals surface area contributed by atoms with Gasteiger partial charge in [0.1, 0.15) is 11.5 Å². The lowest BCUT2D eigenvalue weighted by Gasteiger charge is -2.36. The molecule has 1 aromatic heterocycles. The Morgan fingerprint density at radius 2 is 1.96 bits per heavy atom. The number of hydrogen-bond acceptors (Lipinski definition) is 3. The van der Waals surface area contributed by atoms with Crippen LogP contribution in [0.2, 0.25) is 0 Å². The van der Waals surface area contributed by atoms with Crippen LogP contribution < -0.4 is 0 Å². The third kappa shape index (κ3) is 3.71. The standard InChI is InChI=1S/C19H22F3N3O2/c1-12-3-4-16(14(20)11-12)25-15(5-8-23-25)13-6-9-24(10-7-13)18(26)19(2,27)17(21)22/h3-5,8,11,13,17,27H,6-7,9-10H2,1-2H3/t19-/m0/s1. The van der Waals surface area contributed by atoms with Crippen molar-refractivity contribution in [2.24, 2.45) is 0 Å². The average Bonchev–Trinajstić information content (AvgIpc) is 3.10. The zero-order chi connectivity index (χ0) is 19.8. The van der Waals surface area contributed by atoms with Crippen molar-refractivity contribution >= 4 is 5.91 Å². The number of aliphatic hydroxyl groups is 1. The maximum absolute atomic E-state index is 14.3. The summed E-state index contributed by atoms with van der Waals surface area (Å²) in [7, 11) is 0. The lowest BCUT2D eigenvalue weighted by Crippen LogP contribution is -2.53. The molecule has 27 heavy (non-hydrogen) atoms. The molecule has 2 heterocycles. The first-order valence-corrected chi connectivity index (χ1v) is 8.82. The summed E-state index contributed by atoms with van der Waals surface area (Å²) < 4.78 is 41.6. The van der Waals surface area contributed by atoms with Crippen LogP contribution in [-0.2, 0) is 4.79 Å². The molecule has 1 aromatic carbocycles. The number of halogens is 3. The molecular formula is C19H22F3N3O2. The first kappa shape index (κ1) is 19.4. The maximum atomic E-state index is 14.3. The van der Waals surface area contributed by atoms with Gasteiger partial charge in [-0.2, -0.15) is 5.10 Å². The molecule has 1 fully saturated rings. The van der Waals surface area contributed by atoms with Gasteiger partial charge in [0.25, 0.3) is 12.3 Å². The number of aryl methyl sites for hydroxylation is 1. The van der Waals surface area contributed by atoms with E-state index >= 15 is 0 Å². The number of alkyl halides is 2. The van der Waals surface area contributed by atoms with E-state index in [4.69, 9.17) is 0 Å². The average molecular weight is 381 g/mol. The predicted molar refractivity (Wildman–Crippen MR) is 93.4 cm³/mol. The van der Waals surface area contributed by atoms with Crippen LogP contribution in [0.15, 0.2) is 30.5 Å². The number of carbonyl (C=O) groups is 1. The Morgan fingerprint density at radius 1 is 1.30 bits per heavy atom. The fourth-order valence-electron chi connectivity index (χ4n) is 3.40. The Bertz CT molecular complexity index is 827. The lowest BCUT2D eigenvalue weighted by atomic mass is 9.92. The SMILES string of the molecule is Cc1ccc(-n2nccc2C2CCN(C(=O)[C@@](C)(O)C(F)F)CC2)c(F)c1. The van der Waals surface area contributed by atoms with Crippen molar-refractivity contribution in [2.45, 2.75) is 44.6 Å². The highest BCUT2D eigenvalue weighted by molar-refractivity contribution is 5.85. The minimum atomic E-state index is -3.14. The summed E-state index contributed by atoms with van der Waals surface area (Å²) in [5, 5.41) is 13.9. The number of likely N-dealkylation sites (tertiary alicyclic amines) is 1. The summed E-state index contributed by atoms with van der Waals surface area (Å²) in [5.41, 5.74) is -0.715. The molecule has 0 spiro atoms. The van der Waals surface area contributed by atoms with Gasteiger partial charge in [0.15, 0.2) is 0 Å². The molecule has 0 radical (unpaired) electrons. The fourth-order valence-corrected chi connectivity index (χ4v) is 3.40. The Labute approximate surface area is 155 Å². The van der Waals surface area contributed by atoms with E-state index in [-0.39, 0.29) is 24.8 Å². The molecule has 1 atom stereocenters. The Kier molecular flexibility index (Phi) is 5.28. The van der Waals surface area contributed by atoms with Crippen molar-refractivity contribution in [1.82, 2.24) is 14.7 Å². The van der Waals surface area contributed by atoms with Gasteiger partial charge < -0.3 is 10.0 Å². The van der Waals surface area contributed by atoms with E-state index in [0.717, 1.165) is 18.2 Å². The van der Waals surface area contributed by atoms with Gasteiger partial charge in [-0.3, -0.25) is 4.79 Å². The van der Waals surface area contributed by atoms with Crippen molar-refractivity contribution < 1.29 is 23.1 Å². The maximum Gasteiger partial charge on any atom is 0.275 e. The molecule has 0 bridgehead atoms. The molecule has 1 aliphatic rings. The number of carbonyl (C=O) groups excluding carboxylic acids is 1. The normalized spacial score (nSPS) is 18.0. The van der Waals surface area contributed by atoms with Crippen LogP contribution in [0.3, 0.4) is 0 Å². The molecule has 5 nitrogen and oxygen atoms in total. The van der Waals surface area contributed by atoms with E-state index in [2.05, 4.69) is 5.10 Å². The molecule has 0 aliphatic carbocycles. The summed E-state index contributed by atoms with van der Waals surface area (Å²) in [6.07, 6.45) is -0.518. The van der Waals surface area contributed by atoms with Gasteiger partial charge in [0, 0.05) is 30.9 Å². The summed E-state index contributed by atoms with van der Waals surface area (Å²) >= 11 is 0. The van der Waals surface area contributed by atoms with Crippen LogP contribution in [0, 0.1) is 12.7 Å². The highest BCUT2D eigenvalue weighted by Gasteiger charge is 2.44. The highest BCUT2D eigenvalue weighted by atomic mass is 19.3. The van der Waals surface area contributed by atoms with Crippen LogP contribution in [0.4, 0.5) is 13.2 Å². The third-order valence-corrected chi connectivity index (χ3v) is 5.06. The Morgan fingerprint density at radius 3 is 2.56 bits per heavy atom. The smallest absolute Gasteiger partial charge is 0.275 e. The first-order chi connectivity index (χ1) is 12.7. The monoisotopic (exact) mass is 381 g/mol. The lowest BCUT2D eigenvalue weighted by molar-refractivity contribution is -0.166.